The number of unbranched alkanes of at least 4 members (excludes halogenated alkanes) is 16. The molecule has 0 aromatic rings. The molecule has 0 aliphatic heterocycles. The maximum absolute atomic E-state index is 9.13. The zero-order valence-electron chi connectivity index (χ0n) is 17.0. The van der Waals surface area contributed by atoms with E-state index in [1.165, 1.54) is 103 Å². The third kappa shape index (κ3) is 21.8. The third-order valence-corrected chi connectivity index (χ3v) is 4.91. The fourth-order valence-electron chi connectivity index (χ4n) is 3.20. The lowest BCUT2D eigenvalue weighted by atomic mass is 10.0. The first-order valence-electron chi connectivity index (χ1n) is 11.2. The monoisotopic (exact) mass is 358 g/mol. The molecule has 0 aromatic carbocycles. The summed E-state index contributed by atoms with van der Waals surface area (Å²) in [5.41, 5.74) is 0. The van der Waals surface area contributed by atoms with Crippen LogP contribution in [0.2, 0.25) is 0 Å². The summed E-state index contributed by atoms with van der Waals surface area (Å²) in [4.78, 5) is 0. The van der Waals surface area contributed by atoms with Gasteiger partial charge in [0.05, 0.1) is 13.2 Å². The molecule has 2 N–H and O–H groups in total. The van der Waals surface area contributed by atoms with Crippen molar-refractivity contribution in [2.24, 2.45) is 0 Å². The molecule has 3 nitrogen and oxygen atoms in total. The van der Waals surface area contributed by atoms with Crippen molar-refractivity contribution in [3.8, 4) is 0 Å². The van der Waals surface area contributed by atoms with E-state index in [9.17, 15) is 0 Å². The number of rotatable bonds is 21. The maximum Gasteiger partial charge on any atom is 0.100 e. The number of hydrogen-bond acceptors (Lipinski definition) is 3. The Balaban J connectivity index is 2.98. The molecule has 0 radical (unpaired) electrons. The lowest BCUT2D eigenvalue weighted by Gasteiger charge is -2.08. The summed E-state index contributed by atoms with van der Waals surface area (Å²) in [5, 5.41) is 17.8. The maximum atomic E-state index is 9.13. The van der Waals surface area contributed by atoms with Crippen molar-refractivity contribution in [1.82, 2.24) is 0 Å². The number of ether oxygens (including phenoxy) is 1. The van der Waals surface area contributed by atoms with Gasteiger partial charge in [0.15, 0.2) is 0 Å². The minimum Gasteiger partial charge on any atom is -0.394 e. The third-order valence-electron chi connectivity index (χ3n) is 4.91. The van der Waals surface area contributed by atoms with Crippen molar-refractivity contribution in [2.45, 2.75) is 122 Å². The first-order chi connectivity index (χ1) is 12.3. The fourth-order valence-corrected chi connectivity index (χ4v) is 3.20. The van der Waals surface area contributed by atoms with Gasteiger partial charge < -0.3 is 14.9 Å². The van der Waals surface area contributed by atoms with Crippen LogP contribution in [0, 0.1) is 0 Å². The molecule has 0 fully saturated rings. The van der Waals surface area contributed by atoms with Crippen molar-refractivity contribution in [3.63, 3.8) is 0 Å². The van der Waals surface area contributed by atoms with Gasteiger partial charge in [0.2, 0.25) is 0 Å². The van der Waals surface area contributed by atoms with Crippen LogP contribution in [0.3, 0.4) is 0 Å². The average Bonchev–Trinajstić information content (AvgIpc) is 2.63. The van der Waals surface area contributed by atoms with Crippen molar-refractivity contribution in [1.29, 1.82) is 0 Å². The van der Waals surface area contributed by atoms with Crippen LogP contribution in [-0.2, 0) is 4.74 Å². The molecule has 3 heteroatoms. The van der Waals surface area contributed by atoms with Gasteiger partial charge in [0.1, 0.15) is 6.10 Å². The van der Waals surface area contributed by atoms with Crippen LogP contribution < -0.4 is 0 Å². The van der Waals surface area contributed by atoms with Crippen molar-refractivity contribution >= 4 is 0 Å². The van der Waals surface area contributed by atoms with Crippen LogP contribution in [0.25, 0.3) is 0 Å². The number of aliphatic hydroxyl groups excluding tert-OH is 2. The van der Waals surface area contributed by atoms with Crippen molar-refractivity contribution in [2.75, 3.05) is 19.8 Å². The Bertz CT molecular complexity index is 233. The van der Waals surface area contributed by atoms with E-state index in [4.69, 9.17) is 14.9 Å². The van der Waals surface area contributed by atoms with E-state index in [1.54, 1.807) is 0 Å². The van der Waals surface area contributed by atoms with Gasteiger partial charge in [-0.25, -0.2) is 0 Å². The molecule has 0 aliphatic rings. The molecule has 0 heterocycles. The first kappa shape index (κ1) is 24.9. The van der Waals surface area contributed by atoms with E-state index in [1.807, 2.05) is 0 Å². The normalized spacial score (nSPS) is 12.6. The standard InChI is InChI=1S/C22H46O3/c1-2-3-4-5-6-7-8-9-10-11-12-13-14-15-16-17-18-19-25-21-22(24)20-23/h22-24H,2-21H2,1H3. The van der Waals surface area contributed by atoms with E-state index in [2.05, 4.69) is 6.92 Å². The molecule has 0 aromatic heterocycles. The Labute approximate surface area is 157 Å². The van der Waals surface area contributed by atoms with Crippen molar-refractivity contribution in [3.05, 3.63) is 0 Å². The Kier molecular flexibility index (Phi) is 21.8. The van der Waals surface area contributed by atoms with E-state index in [0.29, 0.717) is 6.61 Å². The SMILES string of the molecule is CCCCCCCCCCCCCCCCCCCOCC(O)CO. The van der Waals surface area contributed by atoms with E-state index < -0.39 is 6.10 Å². The molecule has 1 unspecified atom stereocenters. The van der Waals surface area contributed by atoms with Gasteiger partial charge >= 0.3 is 0 Å². The van der Waals surface area contributed by atoms with Crippen LogP contribution in [0.1, 0.15) is 116 Å². The summed E-state index contributed by atoms with van der Waals surface area (Å²) in [6, 6.07) is 0. The van der Waals surface area contributed by atoms with Crippen molar-refractivity contribution < 1.29 is 14.9 Å². The molecule has 0 bridgehead atoms. The zero-order chi connectivity index (χ0) is 18.4. The molecule has 0 spiro atoms. The van der Waals surface area contributed by atoms with Crippen LogP contribution >= 0.6 is 0 Å². The Hall–Kier alpha value is -0.120. The van der Waals surface area contributed by atoms with Gasteiger partial charge in [-0.15, -0.1) is 0 Å². The second-order valence-electron chi connectivity index (χ2n) is 7.57. The second-order valence-corrected chi connectivity index (χ2v) is 7.57. The molecular weight excluding hydrogens is 312 g/mol. The second kappa shape index (κ2) is 21.9. The molecule has 152 valence electrons. The highest BCUT2D eigenvalue weighted by Gasteiger charge is 2.00. The highest BCUT2D eigenvalue weighted by molar-refractivity contribution is 4.51. The van der Waals surface area contributed by atoms with Gasteiger partial charge in [-0.05, 0) is 6.42 Å². The predicted octanol–water partition coefficient (Wildman–Crippen LogP) is 6.01. The van der Waals surface area contributed by atoms with E-state index in [0.717, 1.165) is 6.42 Å². The summed E-state index contributed by atoms with van der Waals surface area (Å²) >= 11 is 0. The lowest BCUT2D eigenvalue weighted by molar-refractivity contribution is 0.00526. The average molecular weight is 359 g/mol. The summed E-state index contributed by atoms with van der Waals surface area (Å²) in [7, 11) is 0. The molecule has 0 rings (SSSR count). The molecule has 25 heavy (non-hydrogen) atoms. The van der Waals surface area contributed by atoms with Gasteiger partial charge in [-0.2, -0.15) is 0 Å². The molecule has 1 atom stereocenters. The van der Waals surface area contributed by atoms with Gasteiger partial charge in [0.25, 0.3) is 0 Å². The highest BCUT2D eigenvalue weighted by Crippen LogP contribution is 2.14. The van der Waals surface area contributed by atoms with Crippen LogP contribution in [0.4, 0.5) is 0 Å². The minimum atomic E-state index is -0.717. The van der Waals surface area contributed by atoms with Crippen LogP contribution in [0.5, 0.6) is 0 Å². The summed E-state index contributed by atoms with van der Waals surface area (Å²) < 4.78 is 5.30. The quantitative estimate of drug-likeness (QED) is 0.247. The molecule has 0 saturated heterocycles. The first-order valence-corrected chi connectivity index (χ1v) is 11.2. The summed E-state index contributed by atoms with van der Waals surface area (Å²) in [5.74, 6) is 0. The zero-order valence-corrected chi connectivity index (χ0v) is 17.0. The largest absolute Gasteiger partial charge is 0.394 e. The Morgan fingerprint density at radius 1 is 0.600 bits per heavy atom. The predicted molar refractivity (Wildman–Crippen MR) is 108 cm³/mol. The topological polar surface area (TPSA) is 49.7 Å². The highest BCUT2D eigenvalue weighted by atomic mass is 16.5. The van der Waals surface area contributed by atoms with Crippen LogP contribution in [0.15, 0.2) is 0 Å². The number of hydrogen-bond donors (Lipinski definition) is 2. The van der Waals surface area contributed by atoms with Crippen LogP contribution in [-0.4, -0.2) is 36.1 Å². The fraction of sp³-hybridized carbons (Fsp3) is 1.00. The van der Waals surface area contributed by atoms with Gasteiger partial charge in [0, 0.05) is 6.61 Å². The lowest BCUT2D eigenvalue weighted by Crippen LogP contribution is -2.19. The summed E-state index contributed by atoms with van der Waals surface area (Å²) in [6.07, 6.45) is 22.7. The van der Waals surface area contributed by atoms with Gasteiger partial charge in [-0.1, -0.05) is 110 Å². The molecular formula is C22H46O3. The smallest absolute Gasteiger partial charge is 0.100 e. The van der Waals surface area contributed by atoms with Gasteiger partial charge in [-0.3, -0.25) is 0 Å². The van der Waals surface area contributed by atoms with E-state index >= 15 is 0 Å². The van der Waals surface area contributed by atoms with E-state index in [-0.39, 0.29) is 13.2 Å². The minimum absolute atomic E-state index is 0.209. The number of aliphatic hydroxyl groups is 2. The molecule has 0 saturated carbocycles. The molecule has 0 amide bonds. The molecule has 0 aliphatic carbocycles. The Morgan fingerprint density at radius 3 is 1.32 bits per heavy atom. The summed E-state index contributed by atoms with van der Waals surface area (Å²) in [6.45, 7) is 3.04. The Morgan fingerprint density at radius 2 is 0.960 bits per heavy atom.